The van der Waals surface area contributed by atoms with Crippen LogP contribution in [0.25, 0.3) is 0 Å². The van der Waals surface area contributed by atoms with E-state index in [-0.39, 0.29) is 6.42 Å². The average molecular weight is 306 g/mol. The van der Waals surface area contributed by atoms with Crippen LogP contribution < -0.4 is 0 Å². The largest absolute Gasteiger partial charge is 0.481 e. The molecule has 0 aliphatic heterocycles. The monoisotopic (exact) mass is 306 g/mol. The second kappa shape index (κ2) is 12.5. The van der Waals surface area contributed by atoms with E-state index in [1.54, 1.807) is 0 Å². The zero-order valence-electron chi connectivity index (χ0n) is 14.3. The Bertz CT molecular complexity index is 344. The van der Waals surface area contributed by atoms with Crippen LogP contribution in [0.4, 0.5) is 0 Å². The second-order valence-electron chi connectivity index (χ2n) is 6.63. The van der Waals surface area contributed by atoms with E-state index in [1.165, 1.54) is 51.4 Å². The lowest BCUT2D eigenvalue weighted by atomic mass is 9.92. The van der Waals surface area contributed by atoms with Gasteiger partial charge in [0.15, 0.2) is 0 Å². The molecule has 1 fully saturated rings. The van der Waals surface area contributed by atoms with Gasteiger partial charge in [-0.3, -0.25) is 4.79 Å². The predicted molar refractivity (Wildman–Crippen MR) is 94.0 cm³/mol. The summed E-state index contributed by atoms with van der Waals surface area (Å²) in [5.74, 6) is 0.894. The maximum atomic E-state index is 10.4. The van der Waals surface area contributed by atoms with Crippen LogP contribution in [-0.4, -0.2) is 11.1 Å². The molecular formula is C20H34O2. The molecule has 1 rings (SSSR count). The molecule has 0 amide bonds. The lowest BCUT2D eigenvalue weighted by Crippen LogP contribution is -2.03. The molecule has 0 aromatic carbocycles. The summed E-state index contributed by atoms with van der Waals surface area (Å²) in [6.45, 7) is 2.26. The molecule has 0 bridgehead atoms. The van der Waals surface area contributed by atoms with Crippen molar-refractivity contribution >= 4 is 5.97 Å². The van der Waals surface area contributed by atoms with E-state index in [4.69, 9.17) is 5.11 Å². The summed E-state index contributed by atoms with van der Waals surface area (Å²) in [7, 11) is 0. The van der Waals surface area contributed by atoms with Gasteiger partial charge in [0.05, 0.1) is 0 Å². The highest BCUT2D eigenvalue weighted by Crippen LogP contribution is 2.35. The van der Waals surface area contributed by atoms with Gasteiger partial charge in [0.25, 0.3) is 0 Å². The number of hydrogen-bond acceptors (Lipinski definition) is 1. The smallest absolute Gasteiger partial charge is 0.303 e. The molecule has 2 heteroatoms. The third kappa shape index (κ3) is 9.07. The summed E-state index contributed by atoms with van der Waals surface area (Å²) in [5.41, 5.74) is 0. The predicted octanol–water partition coefficient (Wildman–Crippen LogP) is 6.13. The van der Waals surface area contributed by atoms with Crippen LogP contribution in [0.5, 0.6) is 0 Å². The van der Waals surface area contributed by atoms with Gasteiger partial charge in [-0.25, -0.2) is 0 Å². The number of carbonyl (C=O) groups is 1. The van der Waals surface area contributed by atoms with Gasteiger partial charge in [0, 0.05) is 6.42 Å². The first-order valence-corrected chi connectivity index (χ1v) is 9.27. The summed E-state index contributed by atoms with van der Waals surface area (Å²) in [5, 5.41) is 8.60. The molecule has 2 atom stereocenters. The second-order valence-corrected chi connectivity index (χ2v) is 6.63. The number of carboxylic acids is 1. The molecule has 2 nitrogen and oxygen atoms in total. The third-order valence-electron chi connectivity index (χ3n) is 4.69. The lowest BCUT2D eigenvalue weighted by molar-refractivity contribution is -0.137. The number of aliphatic carboxylic acids is 1. The topological polar surface area (TPSA) is 37.3 Å². The molecule has 1 saturated carbocycles. The zero-order chi connectivity index (χ0) is 16.0. The van der Waals surface area contributed by atoms with E-state index in [9.17, 15) is 4.79 Å². The summed E-state index contributed by atoms with van der Waals surface area (Å²) in [4.78, 5) is 10.4. The van der Waals surface area contributed by atoms with Crippen LogP contribution in [0.1, 0.15) is 84.0 Å². The minimum atomic E-state index is -0.687. The first-order valence-electron chi connectivity index (χ1n) is 9.27. The summed E-state index contributed by atoms with van der Waals surface area (Å²) < 4.78 is 0. The summed E-state index contributed by atoms with van der Waals surface area (Å²) in [6.07, 6.45) is 23.1. The Kier molecular flexibility index (Phi) is 10.8. The van der Waals surface area contributed by atoms with Gasteiger partial charge in [0.1, 0.15) is 0 Å². The van der Waals surface area contributed by atoms with Crippen LogP contribution in [-0.2, 0) is 4.79 Å². The Labute approximate surface area is 136 Å². The minimum absolute atomic E-state index is 0.289. The van der Waals surface area contributed by atoms with Crippen molar-refractivity contribution in [3.8, 4) is 0 Å². The highest BCUT2D eigenvalue weighted by Gasteiger charge is 2.23. The molecular weight excluding hydrogens is 272 g/mol. The molecule has 1 aliphatic carbocycles. The first kappa shape index (κ1) is 19.0. The normalized spacial score (nSPS) is 22.0. The van der Waals surface area contributed by atoms with E-state index >= 15 is 0 Å². The number of carboxylic acid groups (broad SMARTS) is 1. The van der Waals surface area contributed by atoms with Crippen LogP contribution in [0.3, 0.4) is 0 Å². The standard InChI is InChI=1S/C20H34O2/c1-2-3-4-5-6-9-13-18-15-12-16-19(18)14-10-7-8-11-17-20(21)22/h7,9-10,13,18-19H,2-6,8,11-12,14-17H2,1H3,(H,21,22). The molecule has 126 valence electrons. The zero-order valence-corrected chi connectivity index (χ0v) is 14.3. The van der Waals surface area contributed by atoms with Crippen LogP contribution >= 0.6 is 0 Å². The van der Waals surface area contributed by atoms with Gasteiger partial charge >= 0.3 is 5.97 Å². The molecule has 0 radical (unpaired) electrons. The number of hydrogen-bond donors (Lipinski definition) is 1. The average Bonchev–Trinajstić information content (AvgIpc) is 2.93. The van der Waals surface area contributed by atoms with Gasteiger partial charge in [-0.05, 0) is 56.8 Å². The summed E-state index contributed by atoms with van der Waals surface area (Å²) >= 11 is 0. The van der Waals surface area contributed by atoms with Crippen molar-refractivity contribution in [3.05, 3.63) is 24.3 Å². The first-order chi connectivity index (χ1) is 10.7. The van der Waals surface area contributed by atoms with E-state index in [0.717, 1.165) is 31.1 Å². The van der Waals surface area contributed by atoms with Crippen molar-refractivity contribution in [2.45, 2.75) is 84.0 Å². The maximum Gasteiger partial charge on any atom is 0.303 e. The number of unbranched alkanes of at least 4 members (excludes halogenated alkanes) is 5. The lowest BCUT2D eigenvalue weighted by Gasteiger charge is -2.14. The molecule has 22 heavy (non-hydrogen) atoms. The fourth-order valence-corrected chi connectivity index (χ4v) is 3.33. The SMILES string of the molecule is CCCCCCC=CC1CCCC1CC=CCCCC(=O)O. The van der Waals surface area contributed by atoms with Gasteiger partial charge < -0.3 is 5.11 Å². The minimum Gasteiger partial charge on any atom is -0.481 e. The van der Waals surface area contributed by atoms with Gasteiger partial charge in [0.2, 0.25) is 0 Å². The Balaban J connectivity index is 2.15. The van der Waals surface area contributed by atoms with Gasteiger partial charge in [-0.1, -0.05) is 56.9 Å². The van der Waals surface area contributed by atoms with Gasteiger partial charge in [-0.2, -0.15) is 0 Å². The molecule has 1 N–H and O–H groups in total. The highest BCUT2D eigenvalue weighted by atomic mass is 16.4. The molecule has 2 unspecified atom stereocenters. The Morgan fingerprint density at radius 3 is 2.64 bits per heavy atom. The summed E-state index contributed by atoms with van der Waals surface area (Å²) in [6, 6.07) is 0. The molecule has 1 aliphatic rings. The quantitative estimate of drug-likeness (QED) is 0.348. The maximum absolute atomic E-state index is 10.4. The molecule has 0 heterocycles. The fourth-order valence-electron chi connectivity index (χ4n) is 3.33. The van der Waals surface area contributed by atoms with Crippen molar-refractivity contribution in [2.75, 3.05) is 0 Å². The van der Waals surface area contributed by atoms with Gasteiger partial charge in [-0.15, -0.1) is 0 Å². The Hall–Kier alpha value is -1.05. The van der Waals surface area contributed by atoms with Crippen LogP contribution in [0.2, 0.25) is 0 Å². The highest BCUT2D eigenvalue weighted by molar-refractivity contribution is 5.66. The van der Waals surface area contributed by atoms with E-state index in [2.05, 4.69) is 31.2 Å². The van der Waals surface area contributed by atoms with E-state index in [1.807, 2.05) is 0 Å². The van der Waals surface area contributed by atoms with Crippen LogP contribution in [0.15, 0.2) is 24.3 Å². The van der Waals surface area contributed by atoms with Crippen molar-refractivity contribution in [2.24, 2.45) is 11.8 Å². The number of allylic oxidation sites excluding steroid dienone is 4. The third-order valence-corrected chi connectivity index (χ3v) is 4.69. The van der Waals surface area contributed by atoms with Crippen LogP contribution in [0, 0.1) is 11.8 Å². The van der Waals surface area contributed by atoms with Crippen molar-refractivity contribution < 1.29 is 9.90 Å². The van der Waals surface area contributed by atoms with Crippen molar-refractivity contribution in [1.82, 2.24) is 0 Å². The number of rotatable bonds is 12. The van der Waals surface area contributed by atoms with Crippen molar-refractivity contribution in [1.29, 1.82) is 0 Å². The molecule has 0 saturated heterocycles. The molecule has 0 aromatic heterocycles. The Morgan fingerprint density at radius 1 is 1.05 bits per heavy atom. The fraction of sp³-hybridized carbons (Fsp3) is 0.750. The van der Waals surface area contributed by atoms with Crippen molar-refractivity contribution in [3.63, 3.8) is 0 Å². The Morgan fingerprint density at radius 2 is 1.86 bits per heavy atom. The van der Waals surface area contributed by atoms with E-state index in [0.29, 0.717) is 0 Å². The molecule has 0 spiro atoms. The van der Waals surface area contributed by atoms with E-state index < -0.39 is 5.97 Å². The molecule has 0 aromatic rings.